The number of nitrogens with one attached hydrogen (secondary N) is 2. The van der Waals surface area contributed by atoms with Gasteiger partial charge >= 0.3 is 5.97 Å². The van der Waals surface area contributed by atoms with Crippen molar-refractivity contribution >= 4 is 28.3 Å². The molecule has 3 N–H and O–H groups in total. The molecule has 1 aromatic heterocycles. The zero-order valence-corrected chi connectivity index (χ0v) is 13.8. The number of hydrogen-bond donors (Lipinski definition) is 3. The number of carbonyl (C=O) groups is 2. The summed E-state index contributed by atoms with van der Waals surface area (Å²) in [6.07, 6.45) is 0.975. The minimum atomic E-state index is -0.675. The number of aliphatic hydroxyl groups is 1. The highest BCUT2D eigenvalue weighted by Gasteiger charge is 2.34. The first-order chi connectivity index (χ1) is 12.5. The largest absolute Gasteiger partial charge is 0.466 e. The van der Waals surface area contributed by atoms with Crippen molar-refractivity contribution in [2.24, 2.45) is 0 Å². The lowest BCUT2D eigenvalue weighted by Crippen LogP contribution is -2.31. The SMILES string of the molecule is COC(=O)C1=C(Nc2ccc3c(F)c[nH]c(=O)c3c2)C(=O)N(CCO)C1. The Morgan fingerprint density at radius 3 is 2.85 bits per heavy atom. The van der Waals surface area contributed by atoms with Crippen LogP contribution in [0.2, 0.25) is 0 Å². The van der Waals surface area contributed by atoms with Crippen molar-refractivity contribution in [2.45, 2.75) is 0 Å². The minimum absolute atomic E-state index is 0.00233. The first kappa shape index (κ1) is 17.6. The number of aromatic amines is 1. The lowest BCUT2D eigenvalue weighted by Gasteiger charge is -2.15. The maximum Gasteiger partial charge on any atom is 0.337 e. The summed E-state index contributed by atoms with van der Waals surface area (Å²) in [5.74, 6) is -1.73. The van der Waals surface area contributed by atoms with Gasteiger partial charge in [0.2, 0.25) is 0 Å². The summed E-state index contributed by atoms with van der Waals surface area (Å²) < 4.78 is 18.5. The molecule has 1 amide bonds. The molecule has 1 aromatic carbocycles. The number of halogens is 1. The van der Waals surface area contributed by atoms with Crippen molar-refractivity contribution in [2.75, 3.05) is 32.1 Å². The molecule has 0 bridgehead atoms. The van der Waals surface area contributed by atoms with Crippen molar-refractivity contribution in [1.82, 2.24) is 9.88 Å². The van der Waals surface area contributed by atoms with Crippen molar-refractivity contribution in [3.05, 3.63) is 51.8 Å². The fraction of sp³-hybridized carbons (Fsp3) is 0.235. The van der Waals surface area contributed by atoms with Crippen molar-refractivity contribution in [3.63, 3.8) is 0 Å². The van der Waals surface area contributed by atoms with E-state index in [2.05, 4.69) is 10.3 Å². The van der Waals surface area contributed by atoms with Crippen LogP contribution in [0.15, 0.2) is 40.5 Å². The lowest BCUT2D eigenvalue weighted by molar-refractivity contribution is -0.136. The summed E-state index contributed by atoms with van der Waals surface area (Å²) in [4.78, 5) is 39.9. The summed E-state index contributed by atoms with van der Waals surface area (Å²) in [5.41, 5.74) is -0.0345. The average Bonchev–Trinajstić information content (AvgIpc) is 2.94. The second kappa shape index (κ2) is 6.96. The molecule has 9 heteroatoms. The van der Waals surface area contributed by atoms with Crippen LogP contribution in [0.25, 0.3) is 10.8 Å². The highest BCUT2D eigenvalue weighted by Crippen LogP contribution is 2.24. The van der Waals surface area contributed by atoms with Crippen LogP contribution >= 0.6 is 0 Å². The van der Waals surface area contributed by atoms with E-state index in [1.54, 1.807) is 0 Å². The van der Waals surface area contributed by atoms with Crippen molar-refractivity contribution in [1.29, 1.82) is 0 Å². The lowest BCUT2D eigenvalue weighted by atomic mass is 10.1. The van der Waals surface area contributed by atoms with Gasteiger partial charge in [0.05, 0.1) is 31.2 Å². The van der Waals surface area contributed by atoms with E-state index in [1.165, 1.54) is 30.2 Å². The van der Waals surface area contributed by atoms with Crippen LogP contribution in [0.1, 0.15) is 0 Å². The summed E-state index contributed by atoms with van der Waals surface area (Å²) in [6, 6.07) is 4.29. The van der Waals surface area contributed by atoms with Gasteiger partial charge in [0, 0.05) is 23.8 Å². The fourth-order valence-corrected chi connectivity index (χ4v) is 2.80. The number of β-amino-alcohol motifs (C(OH)–C–C–N with tert-alkyl or cyclic N) is 1. The van der Waals surface area contributed by atoms with Gasteiger partial charge in [-0.3, -0.25) is 9.59 Å². The molecular formula is C17H16FN3O5. The predicted octanol–water partition coefficient (Wildman–Crippen LogP) is 0.341. The average molecular weight is 361 g/mol. The molecule has 0 saturated carbocycles. The molecule has 0 atom stereocenters. The second-order valence-corrected chi connectivity index (χ2v) is 5.65. The number of anilines is 1. The van der Waals surface area contributed by atoms with Crippen molar-refractivity contribution < 1.29 is 23.8 Å². The summed E-state index contributed by atoms with van der Waals surface area (Å²) >= 11 is 0. The molecule has 0 unspecified atom stereocenters. The molecule has 0 radical (unpaired) electrons. The summed E-state index contributed by atoms with van der Waals surface area (Å²) in [5, 5.41) is 12.1. The van der Waals surface area contributed by atoms with E-state index >= 15 is 0 Å². The quantitative estimate of drug-likeness (QED) is 0.662. The molecule has 2 heterocycles. The first-order valence-electron chi connectivity index (χ1n) is 7.75. The number of hydrogen-bond acceptors (Lipinski definition) is 6. The Kier molecular flexibility index (Phi) is 4.72. The van der Waals surface area contributed by atoms with Gasteiger partial charge in [-0.2, -0.15) is 0 Å². The number of aliphatic hydroxyl groups excluding tert-OH is 1. The Morgan fingerprint density at radius 2 is 2.15 bits per heavy atom. The third-order valence-corrected chi connectivity index (χ3v) is 4.07. The molecule has 8 nitrogen and oxygen atoms in total. The monoisotopic (exact) mass is 361 g/mol. The number of rotatable bonds is 5. The van der Waals surface area contributed by atoms with Gasteiger partial charge in [0.1, 0.15) is 11.5 Å². The third kappa shape index (κ3) is 3.04. The molecule has 3 rings (SSSR count). The molecule has 0 spiro atoms. The van der Waals surface area contributed by atoms with Gasteiger partial charge in [0.15, 0.2) is 0 Å². The number of methoxy groups -OCH3 is 1. The van der Waals surface area contributed by atoms with E-state index in [0.29, 0.717) is 5.69 Å². The highest BCUT2D eigenvalue weighted by molar-refractivity contribution is 6.08. The number of aromatic nitrogens is 1. The van der Waals surface area contributed by atoms with Crippen LogP contribution in [0, 0.1) is 5.82 Å². The molecular weight excluding hydrogens is 345 g/mol. The Balaban J connectivity index is 2.01. The van der Waals surface area contributed by atoms with E-state index < -0.39 is 23.3 Å². The Morgan fingerprint density at radius 1 is 1.38 bits per heavy atom. The zero-order valence-electron chi connectivity index (χ0n) is 13.8. The standard InChI is InChI=1S/C17H16FN3O5/c1-26-17(25)12-8-21(4-5-22)16(24)14(12)20-9-2-3-10-11(6-9)15(23)19-7-13(10)18/h2-3,6-7,20,22H,4-5,8H2,1H3,(H,19,23). The van der Waals surface area contributed by atoms with Crippen molar-refractivity contribution in [3.8, 4) is 0 Å². The predicted molar refractivity (Wildman–Crippen MR) is 90.9 cm³/mol. The smallest absolute Gasteiger partial charge is 0.337 e. The number of amides is 1. The number of nitrogens with zero attached hydrogens (tertiary/aromatic N) is 1. The molecule has 136 valence electrons. The van der Waals surface area contributed by atoms with Gasteiger partial charge < -0.3 is 25.0 Å². The minimum Gasteiger partial charge on any atom is -0.466 e. The number of esters is 1. The maximum atomic E-state index is 13.8. The number of carbonyl (C=O) groups excluding carboxylic acids is 2. The van der Waals surface area contributed by atoms with Crippen LogP contribution in [0.4, 0.5) is 10.1 Å². The van der Waals surface area contributed by atoms with Gasteiger partial charge in [-0.15, -0.1) is 0 Å². The van der Waals surface area contributed by atoms with Gasteiger partial charge in [0.25, 0.3) is 11.5 Å². The second-order valence-electron chi connectivity index (χ2n) is 5.65. The molecule has 2 aromatic rings. The van der Waals surface area contributed by atoms with Gasteiger partial charge in [-0.25, -0.2) is 9.18 Å². The number of fused-ring (bicyclic) bond motifs is 1. The fourth-order valence-electron chi connectivity index (χ4n) is 2.80. The summed E-state index contributed by atoms with van der Waals surface area (Å²) in [6.45, 7) is -0.192. The Hall–Kier alpha value is -3.20. The number of H-pyrrole nitrogens is 1. The molecule has 0 saturated heterocycles. The number of ether oxygens (including phenoxy) is 1. The third-order valence-electron chi connectivity index (χ3n) is 4.07. The highest BCUT2D eigenvalue weighted by atomic mass is 19.1. The van der Waals surface area contributed by atoms with E-state index in [9.17, 15) is 18.8 Å². The van der Waals surface area contributed by atoms with E-state index in [4.69, 9.17) is 9.84 Å². The van der Waals surface area contributed by atoms with Crippen LogP contribution < -0.4 is 10.9 Å². The molecule has 1 aliphatic heterocycles. The molecule has 0 aliphatic carbocycles. The van der Waals surface area contributed by atoms with E-state index in [0.717, 1.165) is 6.20 Å². The number of benzene rings is 1. The van der Waals surface area contributed by atoms with Gasteiger partial charge in [-0.05, 0) is 18.2 Å². The normalized spacial score (nSPS) is 14.3. The topological polar surface area (TPSA) is 112 Å². The number of pyridine rings is 1. The van der Waals surface area contributed by atoms with Crippen LogP contribution in [-0.2, 0) is 14.3 Å². The zero-order chi connectivity index (χ0) is 18.8. The molecule has 26 heavy (non-hydrogen) atoms. The van der Waals surface area contributed by atoms with Crippen LogP contribution in [0.3, 0.4) is 0 Å². The van der Waals surface area contributed by atoms with E-state index in [-0.39, 0.29) is 41.7 Å². The van der Waals surface area contributed by atoms with E-state index in [1.807, 2.05) is 0 Å². The van der Waals surface area contributed by atoms with Crippen LogP contribution in [0.5, 0.6) is 0 Å². The van der Waals surface area contributed by atoms with Crippen LogP contribution in [-0.4, -0.2) is 53.7 Å². The van der Waals surface area contributed by atoms with Gasteiger partial charge in [-0.1, -0.05) is 0 Å². The molecule has 1 aliphatic rings. The molecule has 0 fully saturated rings. The Bertz CT molecular complexity index is 982. The Labute approximate surface area is 146 Å². The summed E-state index contributed by atoms with van der Waals surface area (Å²) in [7, 11) is 1.20. The maximum absolute atomic E-state index is 13.8. The first-order valence-corrected chi connectivity index (χ1v) is 7.75.